The number of hydrogen-bond donors (Lipinski definition) is 1. The molecular formula is C25H22N2O2. The maximum absolute atomic E-state index is 13.0. The highest BCUT2D eigenvalue weighted by Crippen LogP contribution is 2.28. The summed E-state index contributed by atoms with van der Waals surface area (Å²) in [5.41, 5.74) is 5.45. The third-order valence-electron chi connectivity index (χ3n) is 5.52. The van der Waals surface area contributed by atoms with Gasteiger partial charge in [-0.15, -0.1) is 0 Å². The molecule has 1 aliphatic rings. The van der Waals surface area contributed by atoms with Crippen LogP contribution in [0.1, 0.15) is 27.2 Å². The highest BCUT2D eigenvalue weighted by atomic mass is 16.5. The summed E-state index contributed by atoms with van der Waals surface area (Å²) in [7, 11) is 0. The number of para-hydroxylation sites is 1. The number of fused-ring (bicyclic) bond motifs is 3. The van der Waals surface area contributed by atoms with E-state index in [-0.39, 0.29) is 5.91 Å². The van der Waals surface area contributed by atoms with E-state index in [4.69, 9.17) is 4.74 Å². The Bertz CT molecular complexity index is 1150. The first-order chi connectivity index (χ1) is 14.3. The van der Waals surface area contributed by atoms with E-state index < -0.39 is 0 Å². The van der Waals surface area contributed by atoms with Gasteiger partial charge in [0.1, 0.15) is 12.4 Å². The second-order valence-corrected chi connectivity index (χ2v) is 7.40. The third-order valence-corrected chi connectivity index (χ3v) is 5.52. The van der Waals surface area contributed by atoms with Gasteiger partial charge in [0.15, 0.2) is 0 Å². The van der Waals surface area contributed by atoms with Crippen LogP contribution in [0.25, 0.3) is 10.9 Å². The average Bonchev–Trinajstić information content (AvgIpc) is 3.16. The zero-order valence-corrected chi connectivity index (χ0v) is 16.1. The van der Waals surface area contributed by atoms with Crippen LogP contribution in [-0.2, 0) is 19.6 Å². The maximum Gasteiger partial charge on any atom is 0.254 e. The summed E-state index contributed by atoms with van der Waals surface area (Å²) < 4.78 is 5.83. The number of aromatic nitrogens is 1. The molecule has 0 bridgehead atoms. The second kappa shape index (κ2) is 7.47. The number of aromatic amines is 1. The molecule has 1 amide bonds. The Kier molecular flexibility index (Phi) is 4.53. The van der Waals surface area contributed by atoms with Crippen LogP contribution in [0.15, 0.2) is 78.9 Å². The van der Waals surface area contributed by atoms with Crippen molar-refractivity contribution in [3.05, 3.63) is 101 Å². The van der Waals surface area contributed by atoms with Crippen LogP contribution in [0.4, 0.5) is 0 Å². The number of hydrogen-bond acceptors (Lipinski definition) is 2. The SMILES string of the molecule is O=C(c1ccc(OCc2ccccc2)cc1)N1CCc2[nH]c3ccccc3c2C1. The van der Waals surface area contributed by atoms with Gasteiger partial charge in [0.25, 0.3) is 5.91 Å². The van der Waals surface area contributed by atoms with E-state index in [0.29, 0.717) is 18.7 Å². The van der Waals surface area contributed by atoms with Crippen LogP contribution in [-0.4, -0.2) is 22.3 Å². The van der Waals surface area contributed by atoms with Gasteiger partial charge < -0.3 is 14.6 Å². The minimum atomic E-state index is 0.0653. The lowest BCUT2D eigenvalue weighted by Crippen LogP contribution is -2.35. The molecule has 0 unspecified atom stereocenters. The number of ether oxygens (including phenoxy) is 1. The summed E-state index contributed by atoms with van der Waals surface area (Å²) in [6, 6.07) is 25.8. The number of amides is 1. The fourth-order valence-electron chi connectivity index (χ4n) is 3.96. The number of nitrogens with zero attached hydrogens (tertiary/aromatic N) is 1. The number of H-pyrrole nitrogens is 1. The molecule has 0 spiro atoms. The molecule has 4 nitrogen and oxygen atoms in total. The quantitative estimate of drug-likeness (QED) is 0.543. The smallest absolute Gasteiger partial charge is 0.254 e. The lowest BCUT2D eigenvalue weighted by molar-refractivity contribution is 0.0735. The molecule has 0 atom stereocenters. The third kappa shape index (κ3) is 3.49. The molecule has 0 saturated carbocycles. The van der Waals surface area contributed by atoms with E-state index in [0.717, 1.165) is 29.8 Å². The van der Waals surface area contributed by atoms with Crippen molar-refractivity contribution >= 4 is 16.8 Å². The number of rotatable bonds is 4. The van der Waals surface area contributed by atoms with Gasteiger partial charge >= 0.3 is 0 Å². The highest BCUT2D eigenvalue weighted by molar-refractivity contribution is 5.95. The van der Waals surface area contributed by atoms with E-state index in [9.17, 15) is 4.79 Å². The fourth-order valence-corrected chi connectivity index (χ4v) is 3.96. The fraction of sp³-hybridized carbons (Fsp3) is 0.160. The number of nitrogens with one attached hydrogen (secondary N) is 1. The average molecular weight is 382 g/mol. The molecular weight excluding hydrogens is 360 g/mol. The molecule has 144 valence electrons. The minimum absolute atomic E-state index is 0.0653. The Labute approximate surface area is 169 Å². The van der Waals surface area contributed by atoms with Gasteiger partial charge in [0.05, 0.1) is 0 Å². The largest absolute Gasteiger partial charge is 0.489 e. The molecule has 1 aliphatic heterocycles. The molecule has 0 aliphatic carbocycles. The summed E-state index contributed by atoms with van der Waals surface area (Å²) in [6.07, 6.45) is 0.855. The molecule has 1 N–H and O–H groups in total. The topological polar surface area (TPSA) is 45.3 Å². The normalized spacial score (nSPS) is 13.3. The number of benzene rings is 3. The Morgan fingerprint density at radius 2 is 1.69 bits per heavy atom. The van der Waals surface area contributed by atoms with Gasteiger partial charge in [0.2, 0.25) is 0 Å². The van der Waals surface area contributed by atoms with E-state index in [1.807, 2.05) is 71.6 Å². The lowest BCUT2D eigenvalue weighted by atomic mass is 10.0. The molecule has 4 aromatic rings. The van der Waals surface area contributed by atoms with Crippen LogP contribution < -0.4 is 4.74 Å². The van der Waals surface area contributed by atoms with Crippen molar-refractivity contribution in [2.75, 3.05) is 6.54 Å². The maximum atomic E-state index is 13.0. The molecule has 0 fully saturated rings. The first-order valence-electron chi connectivity index (χ1n) is 9.92. The zero-order valence-electron chi connectivity index (χ0n) is 16.1. The minimum Gasteiger partial charge on any atom is -0.489 e. The van der Waals surface area contributed by atoms with Crippen molar-refractivity contribution in [1.82, 2.24) is 9.88 Å². The Morgan fingerprint density at radius 3 is 2.52 bits per heavy atom. The van der Waals surface area contributed by atoms with Crippen LogP contribution in [0.5, 0.6) is 5.75 Å². The molecule has 0 saturated heterocycles. The Morgan fingerprint density at radius 1 is 0.931 bits per heavy atom. The lowest BCUT2D eigenvalue weighted by Gasteiger charge is -2.27. The van der Waals surface area contributed by atoms with Crippen LogP contribution in [0.2, 0.25) is 0 Å². The van der Waals surface area contributed by atoms with Crippen molar-refractivity contribution < 1.29 is 9.53 Å². The predicted molar refractivity (Wildman–Crippen MR) is 114 cm³/mol. The van der Waals surface area contributed by atoms with Gasteiger partial charge in [-0.2, -0.15) is 0 Å². The summed E-state index contributed by atoms with van der Waals surface area (Å²) >= 11 is 0. The van der Waals surface area contributed by atoms with E-state index in [2.05, 4.69) is 17.1 Å². The van der Waals surface area contributed by atoms with Gasteiger partial charge in [-0.25, -0.2) is 0 Å². The Balaban J connectivity index is 1.28. The summed E-state index contributed by atoms with van der Waals surface area (Å²) in [4.78, 5) is 18.5. The molecule has 29 heavy (non-hydrogen) atoms. The van der Waals surface area contributed by atoms with Crippen molar-refractivity contribution in [1.29, 1.82) is 0 Å². The summed E-state index contributed by atoms with van der Waals surface area (Å²) in [5.74, 6) is 0.832. The number of carbonyl (C=O) groups is 1. The molecule has 1 aromatic heterocycles. The van der Waals surface area contributed by atoms with E-state index in [1.54, 1.807) is 0 Å². The molecule has 4 heteroatoms. The van der Waals surface area contributed by atoms with Gasteiger partial charge in [-0.3, -0.25) is 4.79 Å². The van der Waals surface area contributed by atoms with Gasteiger partial charge in [-0.1, -0.05) is 48.5 Å². The Hall–Kier alpha value is -3.53. The highest BCUT2D eigenvalue weighted by Gasteiger charge is 2.24. The first-order valence-corrected chi connectivity index (χ1v) is 9.92. The van der Waals surface area contributed by atoms with Crippen molar-refractivity contribution in [3.8, 4) is 5.75 Å². The van der Waals surface area contributed by atoms with Crippen molar-refractivity contribution in [2.45, 2.75) is 19.6 Å². The zero-order chi connectivity index (χ0) is 19.6. The van der Waals surface area contributed by atoms with E-state index >= 15 is 0 Å². The molecule has 3 aromatic carbocycles. The standard InChI is InChI=1S/C25H22N2O2/c28-25(19-10-12-20(13-11-19)29-17-18-6-2-1-3-7-18)27-15-14-24-22(16-27)21-8-4-5-9-23(21)26-24/h1-13,26H,14-17H2. The van der Waals surface area contributed by atoms with Gasteiger partial charge in [-0.05, 0) is 35.9 Å². The van der Waals surface area contributed by atoms with Gasteiger partial charge in [0, 0.05) is 47.2 Å². The van der Waals surface area contributed by atoms with Crippen molar-refractivity contribution in [2.24, 2.45) is 0 Å². The predicted octanol–water partition coefficient (Wildman–Crippen LogP) is 4.95. The molecule has 2 heterocycles. The first kappa shape index (κ1) is 17.6. The number of carbonyl (C=O) groups excluding carboxylic acids is 1. The monoisotopic (exact) mass is 382 g/mol. The van der Waals surface area contributed by atoms with E-state index in [1.165, 1.54) is 16.6 Å². The summed E-state index contributed by atoms with van der Waals surface area (Å²) in [6.45, 7) is 1.89. The second-order valence-electron chi connectivity index (χ2n) is 7.40. The van der Waals surface area contributed by atoms with Crippen LogP contribution >= 0.6 is 0 Å². The molecule has 5 rings (SSSR count). The van der Waals surface area contributed by atoms with Crippen LogP contribution in [0.3, 0.4) is 0 Å². The van der Waals surface area contributed by atoms with Crippen molar-refractivity contribution in [3.63, 3.8) is 0 Å². The summed E-state index contributed by atoms with van der Waals surface area (Å²) in [5, 5.41) is 1.21. The molecule has 0 radical (unpaired) electrons. The van der Waals surface area contributed by atoms with Crippen LogP contribution in [0, 0.1) is 0 Å².